The molecule has 0 aromatic carbocycles. The summed E-state index contributed by atoms with van der Waals surface area (Å²) in [5, 5.41) is 0. The van der Waals surface area contributed by atoms with Gasteiger partial charge in [0.1, 0.15) is 11.9 Å². The Hall–Kier alpha value is -1.46. The Kier molecular flexibility index (Phi) is 3.48. The lowest BCUT2D eigenvalue weighted by Crippen LogP contribution is -2.36. The number of nitrogens with zero attached hydrogens (tertiary/aromatic N) is 1. The highest BCUT2D eigenvalue weighted by Crippen LogP contribution is 2.18. The first kappa shape index (κ1) is 11.0. The van der Waals surface area contributed by atoms with Crippen molar-refractivity contribution < 1.29 is 19.0 Å². The molecular formula is C11H13NO4. The molecule has 86 valence electrons. The normalized spacial score (nSPS) is 20.4. The quantitative estimate of drug-likeness (QED) is 0.705. The Labute approximate surface area is 93.3 Å². The molecule has 0 amide bonds. The molecule has 1 fully saturated rings. The maximum Gasteiger partial charge on any atom is 0.216 e. The molecule has 0 spiro atoms. The van der Waals surface area contributed by atoms with Gasteiger partial charge in [-0.05, 0) is 12.1 Å². The Morgan fingerprint density at radius 2 is 2.44 bits per heavy atom. The van der Waals surface area contributed by atoms with Crippen LogP contribution in [0.1, 0.15) is 10.5 Å². The summed E-state index contributed by atoms with van der Waals surface area (Å²) < 4.78 is 15.6. The highest BCUT2D eigenvalue weighted by Gasteiger charge is 2.27. The Morgan fingerprint density at radius 3 is 3.12 bits per heavy atom. The molecule has 0 N–H and O–H groups in total. The Morgan fingerprint density at radius 1 is 1.56 bits per heavy atom. The fraction of sp³-hybridized carbons (Fsp3) is 0.455. The van der Waals surface area contributed by atoms with Crippen molar-refractivity contribution in [3.63, 3.8) is 0 Å². The molecule has 5 nitrogen and oxygen atoms in total. The van der Waals surface area contributed by atoms with Gasteiger partial charge < -0.3 is 14.2 Å². The zero-order valence-electron chi connectivity index (χ0n) is 9.01. The van der Waals surface area contributed by atoms with E-state index in [9.17, 15) is 4.79 Å². The summed E-state index contributed by atoms with van der Waals surface area (Å²) >= 11 is 0. The number of methoxy groups -OCH3 is 1. The molecule has 5 heteroatoms. The number of ketones is 1. The standard InChI is InChI=1S/C11H13NO4/c1-14-8-3-2-4-12-10(8)11(13)9-7-15-5-6-16-9/h2-4,9H,5-7H2,1H3. The van der Waals surface area contributed by atoms with Gasteiger partial charge in [-0.3, -0.25) is 4.79 Å². The predicted molar refractivity (Wildman–Crippen MR) is 55.7 cm³/mol. The van der Waals surface area contributed by atoms with Gasteiger partial charge in [0.05, 0.1) is 26.9 Å². The van der Waals surface area contributed by atoms with Gasteiger partial charge in [-0.1, -0.05) is 0 Å². The Bertz CT molecular complexity index is 374. The average molecular weight is 223 g/mol. The van der Waals surface area contributed by atoms with Gasteiger partial charge in [0, 0.05) is 6.20 Å². The zero-order valence-corrected chi connectivity index (χ0v) is 9.01. The summed E-state index contributed by atoms with van der Waals surface area (Å²) in [7, 11) is 1.51. The van der Waals surface area contributed by atoms with Crippen LogP contribution >= 0.6 is 0 Å². The third-order valence-electron chi connectivity index (χ3n) is 2.33. The van der Waals surface area contributed by atoms with E-state index < -0.39 is 6.10 Å². The van der Waals surface area contributed by atoms with E-state index in [-0.39, 0.29) is 12.4 Å². The first-order valence-electron chi connectivity index (χ1n) is 5.05. The van der Waals surface area contributed by atoms with Crippen LogP contribution in [0.25, 0.3) is 0 Å². The number of carbonyl (C=O) groups excluding carboxylic acids is 1. The molecule has 0 radical (unpaired) electrons. The largest absolute Gasteiger partial charge is 0.494 e. The first-order valence-corrected chi connectivity index (χ1v) is 5.05. The molecule has 1 saturated heterocycles. The summed E-state index contributed by atoms with van der Waals surface area (Å²) in [6.07, 6.45) is 0.983. The summed E-state index contributed by atoms with van der Waals surface area (Å²) in [6, 6.07) is 3.41. The van der Waals surface area contributed by atoms with Gasteiger partial charge in [-0.25, -0.2) is 4.98 Å². The van der Waals surface area contributed by atoms with E-state index in [1.54, 1.807) is 18.3 Å². The number of carbonyl (C=O) groups is 1. The lowest BCUT2D eigenvalue weighted by Gasteiger charge is -2.21. The summed E-state index contributed by atoms with van der Waals surface area (Å²) in [6.45, 7) is 1.24. The smallest absolute Gasteiger partial charge is 0.216 e. The van der Waals surface area contributed by atoms with E-state index in [4.69, 9.17) is 14.2 Å². The predicted octanol–water partition coefficient (Wildman–Crippen LogP) is 0.688. The monoisotopic (exact) mass is 223 g/mol. The zero-order chi connectivity index (χ0) is 11.4. The molecule has 0 aliphatic carbocycles. The lowest BCUT2D eigenvalue weighted by molar-refractivity contribution is -0.0721. The van der Waals surface area contributed by atoms with Crippen molar-refractivity contribution in [2.45, 2.75) is 6.10 Å². The van der Waals surface area contributed by atoms with Crippen molar-refractivity contribution in [3.05, 3.63) is 24.0 Å². The lowest BCUT2D eigenvalue weighted by atomic mass is 10.1. The fourth-order valence-electron chi connectivity index (χ4n) is 1.53. The number of hydrogen-bond donors (Lipinski definition) is 0. The molecule has 0 bridgehead atoms. The van der Waals surface area contributed by atoms with Crippen LogP contribution in [0, 0.1) is 0 Å². The second-order valence-corrected chi connectivity index (χ2v) is 3.35. The van der Waals surface area contributed by atoms with E-state index in [1.165, 1.54) is 7.11 Å². The number of Topliss-reactive ketones (excluding diaryl/α,β-unsaturated/α-hetero) is 1. The van der Waals surface area contributed by atoms with Crippen LogP contribution in [0.15, 0.2) is 18.3 Å². The van der Waals surface area contributed by atoms with E-state index in [1.807, 2.05) is 0 Å². The number of rotatable bonds is 3. The van der Waals surface area contributed by atoms with Crippen molar-refractivity contribution in [2.24, 2.45) is 0 Å². The van der Waals surface area contributed by atoms with Crippen LogP contribution in [0.2, 0.25) is 0 Å². The minimum Gasteiger partial charge on any atom is -0.494 e. The van der Waals surface area contributed by atoms with Crippen molar-refractivity contribution in [2.75, 3.05) is 26.9 Å². The molecule has 1 unspecified atom stereocenters. The first-order chi connectivity index (χ1) is 7.83. The Balaban J connectivity index is 2.19. The molecule has 1 atom stereocenters. The van der Waals surface area contributed by atoms with E-state index >= 15 is 0 Å². The molecular weight excluding hydrogens is 210 g/mol. The van der Waals surface area contributed by atoms with Crippen LogP contribution in [0.5, 0.6) is 5.75 Å². The fourth-order valence-corrected chi connectivity index (χ4v) is 1.53. The van der Waals surface area contributed by atoms with Crippen LogP contribution < -0.4 is 4.74 Å². The SMILES string of the molecule is COc1cccnc1C(=O)C1COCCO1. The number of ether oxygens (including phenoxy) is 3. The second kappa shape index (κ2) is 5.05. The van der Waals surface area contributed by atoms with E-state index in [2.05, 4.69) is 4.98 Å². The van der Waals surface area contributed by atoms with Crippen LogP contribution in [-0.4, -0.2) is 43.8 Å². The molecule has 1 aromatic rings. The molecule has 1 aliphatic heterocycles. The molecule has 16 heavy (non-hydrogen) atoms. The molecule has 2 rings (SSSR count). The maximum absolute atomic E-state index is 12.0. The third-order valence-corrected chi connectivity index (χ3v) is 2.33. The highest BCUT2D eigenvalue weighted by atomic mass is 16.6. The third kappa shape index (κ3) is 2.20. The molecule has 1 aromatic heterocycles. The van der Waals surface area contributed by atoms with Crippen molar-refractivity contribution in [1.82, 2.24) is 4.98 Å². The van der Waals surface area contributed by atoms with Crippen molar-refractivity contribution >= 4 is 5.78 Å². The number of aromatic nitrogens is 1. The average Bonchev–Trinajstić information content (AvgIpc) is 2.39. The highest BCUT2D eigenvalue weighted by molar-refractivity contribution is 6.00. The maximum atomic E-state index is 12.0. The van der Waals surface area contributed by atoms with Gasteiger partial charge in [-0.2, -0.15) is 0 Å². The minimum atomic E-state index is -0.572. The van der Waals surface area contributed by atoms with E-state index in [0.29, 0.717) is 24.7 Å². The van der Waals surface area contributed by atoms with Gasteiger partial charge in [0.15, 0.2) is 5.69 Å². The summed E-state index contributed by atoms with van der Waals surface area (Å²) in [5.41, 5.74) is 0.292. The summed E-state index contributed by atoms with van der Waals surface area (Å²) in [4.78, 5) is 16.0. The second-order valence-electron chi connectivity index (χ2n) is 3.35. The summed E-state index contributed by atoms with van der Waals surface area (Å²) in [5.74, 6) is 0.263. The van der Waals surface area contributed by atoms with Crippen LogP contribution in [0.4, 0.5) is 0 Å². The van der Waals surface area contributed by atoms with Gasteiger partial charge in [-0.15, -0.1) is 0 Å². The number of pyridine rings is 1. The van der Waals surface area contributed by atoms with Gasteiger partial charge in [0.25, 0.3) is 0 Å². The van der Waals surface area contributed by atoms with Crippen molar-refractivity contribution in [3.8, 4) is 5.75 Å². The van der Waals surface area contributed by atoms with Crippen LogP contribution in [0.3, 0.4) is 0 Å². The molecule has 2 heterocycles. The molecule has 1 aliphatic rings. The van der Waals surface area contributed by atoms with Gasteiger partial charge >= 0.3 is 0 Å². The number of hydrogen-bond acceptors (Lipinski definition) is 5. The van der Waals surface area contributed by atoms with Gasteiger partial charge in [0.2, 0.25) is 5.78 Å². The van der Waals surface area contributed by atoms with Crippen LogP contribution in [-0.2, 0) is 9.47 Å². The topological polar surface area (TPSA) is 57.7 Å². The minimum absolute atomic E-state index is 0.197. The van der Waals surface area contributed by atoms with Crippen molar-refractivity contribution in [1.29, 1.82) is 0 Å². The molecule has 0 saturated carbocycles. The van der Waals surface area contributed by atoms with E-state index in [0.717, 1.165) is 0 Å².